The minimum absolute atomic E-state index is 0.0792. The van der Waals surface area contributed by atoms with Gasteiger partial charge in [-0.25, -0.2) is 4.39 Å². The van der Waals surface area contributed by atoms with Gasteiger partial charge in [-0.1, -0.05) is 17.7 Å². The zero-order chi connectivity index (χ0) is 23.8. The molecule has 0 radical (unpaired) electrons. The second-order valence-electron chi connectivity index (χ2n) is 9.90. The molecule has 0 aromatic heterocycles. The highest BCUT2D eigenvalue weighted by Gasteiger charge is 2.51. The molecule has 6 nitrogen and oxygen atoms in total. The molecule has 4 fully saturated rings. The minimum atomic E-state index is -3.83. The van der Waals surface area contributed by atoms with Crippen LogP contribution in [0.3, 0.4) is 0 Å². The van der Waals surface area contributed by atoms with Crippen molar-refractivity contribution in [2.24, 2.45) is 5.41 Å². The number of fused-ring (bicyclic) bond motifs is 3. The van der Waals surface area contributed by atoms with Crippen LogP contribution in [-0.2, 0) is 29.4 Å². The molecule has 0 amide bonds. The maximum absolute atomic E-state index is 14.5. The van der Waals surface area contributed by atoms with Gasteiger partial charge in [0.25, 0.3) is 10.1 Å². The summed E-state index contributed by atoms with van der Waals surface area (Å²) in [6, 6.07) is 11.4. The van der Waals surface area contributed by atoms with Gasteiger partial charge in [-0.3, -0.25) is 4.18 Å². The Morgan fingerprint density at radius 3 is 2.47 bits per heavy atom. The molecule has 6 rings (SSSR count). The van der Waals surface area contributed by atoms with Crippen molar-refractivity contribution in [1.29, 1.82) is 0 Å². The van der Waals surface area contributed by atoms with Crippen molar-refractivity contribution in [3.05, 3.63) is 59.4 Å². The predicted molar refractivity (Wildman–Crippen MR) is 123 cm³/mol. The molecular formula is C26H31FO6S. The summed E-state index contributed by atoms with van der Waals surface area (Å²) in [6.45, 7) is 3.01. The Hall–Kier alpha value is -2.00. The van der Waals surface area contributed by atoms with E-state index >= 15 is 0 Å². The van der Waals surface area contributed by atoms with E-state index in [0.29, 0.717) is 31.8 Å². The van der Waals surface area contributed by atoms with Gasteiger partial charge in [-0.15, -0.1) is 0 Å². The third kappa shape index (κ3) is 4.87. The summed E-state index contributed by atoms with van der Waals surface area (Å²) >= 11 is 0. The molecule has 1 atom stereocenters. The zero-order valence-electron chi connectivity index (χ0n) is 19.4. The predicted octanol–water partition coefficient (Wildman–Crippen LogP) is 5.23. The van der Waals surface area contributed by atoms with Crippen LogP contribution in [0.2, 0.25) is 0 Å². The van der Waals surface area contributed by atoms with E-state index in [1.165, 1.54) is 12.1 Å². The van der Waals surface area contributed by atoms with Crippen LogP contribution in [0.4, 0.5) is 4.39 Å². The molecule has 184 valence electrons. The van der Waals surface area contributed by atoms with E-state index in [1.54, 1.807) is 24.3 Å². The molecule has 2 aromatic rings. The van der Waals surface area contributed by atoms with Gasteiger partial charge in [0.1, 0.15) is 11.6 Å². The van der Waals surface area contributed by atoms with E-state index in [-0.39, 0.29) is 29.0 Å². The Morgan fingerprint density at radius 2 is 1.82 bits per heavy atom. The summed E-state index contributed by atoms with van der Waals surface area (Å²) in [5, 5.41) is 0. The van der Waals surface area contributed by atoms with Crippen LogP contribution in [0.15, 0.2) is 47.4 Å². The lowest BCUT2D eigenvalue weighted by Gasteiger charge is -2.53. The number of ether oxygens (including phenoxy) is 3. The van der Waals surface area contributed by atoms with E-state index in [2.05, 4.69) is 0 Å². The molecule has 1 unspecified atom stereocenters. The van der Waals surface area contributed by atoms with Crippen LogP contribution in [0, 0.1) is 18.2 Å². The van der Waals surface area contributed by atoms with E-state index in [4.69, 9.17) is 18.4 Å². The van der Waals surface area contributed by atoms with Crippen LogP contribution >= 0.6 is 0 Å². The fraction of sp³-hybridized carbons (Fsp3) is 0.538. The van der Waals surface area contributed by atoms with Gasteiger partial charge in [0.05, 0.1) is 30.3 Å². The van der Waals surface area contributed by atoms with Crippen molar-refractivity contribution in [2.75, 3.05) is 19.8 Å². The molecule has 1 saturated carbocycles. The SMILES string of the molecule is Cc1ccc(S(=O)(=O)OCC23CCC(c4cc(F)cc(OC5CCCCO5)c4)(CC2)OC3)cc1. The number of halogens is 1. The van der Waals surface area contributed by atoms with Crippen molar-refractivity contribution in [3.63, 3.8) is 0 Å². The third-order valence-corrected chi connectivity index (χ3v) is 8.68. The van der Waals surface area contributed by atoms with Crippen LogP contribution in [0.1, 0.15) is 56.1 Å². The Morgan fingerprint density at radius 1 is 1.06 bits per heavy atom. The highest BCUT2D eigenvalue weighted by molar-refractivity contribution is 7.86. The molecule has 3 saturated heterocycles. The normalized spacial score (nSPS) is 29.2. The molecule has 0 N–H and O–H groups in total. The lowest BCUT2D eigenvalue weighted by atomic mass is 9.64. The monoisotopic (exact) mass is 490 g/mol. The molecule has 3 heterocycles. The molecule has 34 heavy (non-hydrogen) atoms. The van der Waals surface area contributed by atoms with Crippen LogP contribution in [0.5, 0.6) is 5.75 Å². The lowest BCUT2D eigenvalue weighted by Crippen LogP contribution is -2.51. The third-order valence-electron chi connectivity index (χ3n) is 7.41. The molecule has 2 aromatic carbocycles. The Balaban J connectivity index is 1.25. The maximum atomic E-state index is 14.5. The van der Waals surface area contributed by atoms with Crippen molar-refractivity contribution in [1.82, 2.24) is 0 Å². The molecular weight excluding hydrogens is 459 g/mol. The summed E-state index contributed by atoms with van der Waals surface area (Å²) in [5.41, 5.74) is 0.798. The van der Waals surface area contributed by atoms with Crippen LogP contribution in [-0.4, -0.2) is 34.5 Å². The first-order valence-electron chi connectivity index (χ1n) is 12.0. The second kappa shape index (κ2) is 9.22. The first-order valence-corrected chi connectivity index (χ1v) is 13.4. The molecule has 0 spiro atoms. The van der Waals surface area contributed by atoms with Gasteiger partial charge in [0.2, 0.25) is 0 Å². The summed E-state index contributed by atoms with van der Waals surface area (Å²) in [7, 11) is -3.83. The lowest BCUT2D eigenvalue weighted by molar-refractivity contribution is -0.197. The summed E-state index contributed by atoms with van der Waals surface area (Å²) in [6.07, 6.45) is 5.32. The van der Waals surface area contributed by atoms with Gasteiger partial charge in [-0.05, 0) is 75.3 Å². The largest absolute Gasteiger partial charge is 0.465 e. The number of aryl methyl sites for hydroxylation is 1. The fourth-order valence-electron chi connectivity index (χ4n) is 5.15. The highest BCUT2D eigenvalue weighted by Crippen LogP contribution is 2.54. The first kappa shape index (κ1) is 23.7. The van der Waals surface area contributed by atoms with Crippen molar-refractivity contribution in [2.45, 2.75) is 68.7 Å². The number of rotatable bonds is 7. The highest BCUT2D eigenvalue weighted by atomic mass is 32.2. The van der Waals surface area contributed by atoms with Crippen molar-refractivity contribution < 1.29 is 31.2 Å². The van der Waals surface area contributed by atoms with Crippen LogP contribution < -0.4 is 4.74 Å². The number of benzene rings is 2. The van der Waals surface area contributed by atoms with E-state index < -0.39 is 15.7 Å². The van der Waals surface area contributed by atoms with Gasteiger partial charge in [-0.2, -0.15) is 8.42 Å². The standard InChI is InChI=1S/C26H31FO6S/c1-19-5-7-23(8-6-19)34(28,29)32-18-25-9-11-26(12-10-25,31-17-25)20-14-21(27)16-22(15-20)33-24-4-2-3-13-30-24/h5-8,14-16,24H,2-4,9-13,17-18H2,1H3. The van der Waals surface area contributed by atoms with E-state index in [0.717, 1.165) is 43.2 Å². The Bertz CT molecular complexity index is 1100. The topological polar surface area (TPSA) is 71.1 Å². The minimum Gasteiger partial charge on any atom is -0.465 e. The molecule has 3 aliphatic heterocycles. The summed E-state index contributed by atoms with van der Waals surface area (Å²) in [5.74, 6) is 0.0889. The second-order valence-corrected chi connectivity index (χ2v) is 11.5. The number of hydrogen-bond donors (Lipinski definition) is 0. The molecule has 4 aliphatic rings. The van der Waals surface area contributed by atoms with Crippen molar-refractivity contribution in [3.8, 4) is 5.75 Å². The summed E-state index contributed by atoms with van der Waals surface area (Å²) < 4.78 is 63.1. The zero-order valence-corrected chi connectivity index (χ0v) is 20.2. The fourth-order valence-corrected chi connectivity index (χ4v) is 6.16. The number of hydrogen-bond acceptors (Lipinski definition) is 6. The molecule has 2 bridgehead atoms. The Labute approximate surface area is 200 Å². The van der Waals surface area contributed by atoms with E-state index in [9.17, 15) is 12.8 Å². The summed E-state index contributed by atoms with van der Waals surface area (Å²) in [4.78, 5) is 0.158. The van der Waals surface area contributed by atoms with Gasteiger partial charge in [0, 0.05) is 17.9 Å². The molecule has 1 aliphatic carbocycles. The average molecular weight is 491 g/mol. The van der Waals surface area contributed by atoms with Gasteiger partial charge in [0.15, 0.2) is 6.29 Å². The smallest absolute Gasteiger partial charge is 0.296 e. The van der Waals surface area contributed by atoms with Gasteiger partial charge < -0.3 is 14.2 Å². The average Bonchev–Trinajstić information content (AvgIpc) is 2.85. The quantitative estimate of drug-likeness (QED) is 0.495. The molecule has 8 heteroatoms. The van der Waals surface area contributed by atoms with Crippen molar-refractivity contribution >= 4 is 10.1 Å². The van der Waals surface area contributed by atoms with E-state index in [1.807, 2.05) is 13.0 Å². The first-order chi connectivity index (χ1) is 16.3. The van der Waals surface area contributed by atoms with Crippen LogP contribution in [0.25, 0.3) is 0 Å². The maximum Gasteiger partial charge on any atom is 0.296 e. The Kier molecular flexibility index (Phi) is 6.44. The van der Waals surface area contributed by atoms with Gasteiger partial charge >= 0.3 is 0 Å².